The molecule has 1 aliphatic rings. The Labute approximate surface area is 74.1 Å². The second kappa shape index (κ2) is 4.21. The van der Waals surface area contributed by atoms with Crippen LogP contribution in [-0.2, 0) is 4.74 Å². The van der Waals surface area contributed by atoms with E-state index in [1.54, 1.807) is 0 Å². The molecule has 2 N–H and O–H groups in total. The minimum absolute atomic E-state index is 0.196. The fraction of sp³-hybridized carbons (Fsp3) is 1.00. The normalized spacial score (nSPS) is 33.0. The number of likely N-dealkylation sites (N-methyl/N-ethyl adjacent to an activating group) is 1. The number of epoxide rings is 1. The second-order valence-electron chi connectivity index (χ2n) is 3.50. The summed E-state index contributed by atoms with van der Waals surface area (Å²) in [4.78, 5) is 0. The van der Waals surface area contributed by atoms with Crippen molar-refractivity contribution in [3.63, 3.8) is 0 Å². The summed E-state index contributed by atoms with van der Waals surface area (Å²) in [6, 6.07) is 0.315. The Bertz CT molecular complexity index is 140. The Morgan fingerprint density at radius 1 is 1.58 bits per heavy atom. The van der Waals surface area contributed by atoms with E-state index in [2.05, 4.69) is 12.2 Å². The van der Waals surface area contributed by atoms with Crippen LogP contribution >= 0.6 is 0 Å². The van der Waals surface area contributed by atoms with Gasteiger partial charge in [0.15, 0.2) is 0 Å². The molecule has 0 aromatic heterocycles. The van der Waals surface area contributed by atoms with Crippen LogP contribution in [0.4, 0.5) is 0 Å². The number of aliphatic hydroxyl groups is 1. The van der Waals surface area contributed by atoms with Crippen molar-refractivity contribution in [3.05, 3.63) is 0 Å². The topological polar surface area (TPSA) is 44.8 Å². The van der Waals surface area contributed by atoms with Gasteiger partial charge in [-0.15, -0.1) is 0 Å². The van der Waals surface area contributed by atoms with E-state index in [9.17, 15) is 5.11 Å². The van der Waals surface area contributed by atoms with Gasteiger partial charge in [0.2, 0.25) is 0 Å². The SMILES string of the molecule is CCC(O)CC(NC)[C@H]1OC1C. The molecular formula is C9H19NO2. The Kier molecular flexibility index (Phi) is 3.50. The van der Waals surface area contributed by atoms with Crippen molar-refractivity contribution in [2.24, 2.45) is 0 Å². The summed E-state index contributed by atoms with van der Waals surface area (Å²) in [7, 11) is 1.92. The molecule has 0 amide bonds. The van der Waals surface area contributed by atoms with E-state index < -0.39 is 0 Å². The number of hydrogen-bond donors (Lipinski definition) is 2. The summed E-state index contributed by atoms with van der Waals surface area (Å²) >= 11 is 0. The zero-order chi connectivity index (χ0) is 9.14. The highest BCUT2D eigenvalue weighted by atomic mass is 16.6. The van der Waals surface area contributed by atoms with E-state index in [0.717, 1.165) is 12.8 Å². The van der Waals surface area contributed by atoms with Crippen LogP contribution in [0, 0.1) is 0 Å². The molecule has 0 spiro atoms. The first-order valence-electron chi connectivity index (χ1n) is 4.69. The first kappa shape index (κ1) is 9.96. The molecule has 0 bridgehead atoms. The Hall–Kier alpha value is -0.120. The third kappa shape index (κ3) is 2.44. The molecule has 0 aromatic rings. The smallest absolute Gasteiger partial charge is 0.0992 e. The van der Waals surface area contributed by atoms with E-state index in [4.69, 9.17) is 4.74 Å². The number of rotatable bonds is 5. The molecule has 1 aliphatic heterocycles. The Balaban J connectivity index is 2.26. The maximum Gasteiger partial charge on any atom is 0.0992 e. The predicted molar refractivity (Wildman–Crippen MR) is 48.1 cm³/mol. The van der Waals surface area contributed by atoms with Crippen LogP contribution in [0.25, 0.3) is 0 Å². The monoisotopic (exact) mass is 173 g/mol. The van der Waals surface area contributed by atoms with E-state index in [1.807, 2.05) is 14.0 Å². The van der Waals surface area contributed by atoms with Crippen molar-refractivity contribution in [1.29, 1.82) is 0 Å². The molecule has 1 rings (SSSR count). The van der Waals surface area contributed by atoms with Gasteiger partial charge in [0, 0.05) is 6.04 Å². The number of aliphatic hydroxyl groups excluding tert-OH is 1. The fourth-order valence-electron chi connectivity index (χ4n) is 1.50. The van der Waals surface area contributed by atoms with Crippen LogP contribution in [0.5, 0.6) is 0 Å². The van der Waals surface area contributed by atoms with Crippen LogP contribution in [0.2, 0.25) is 0 Å². The largest absolute Gasteiger partial charge is 0.393 e. The lowest BCUT2D eigenvalue weighted by Crippen LogP contribution is -2.35. The van der Waals surface area contributed by atoms with E-state index in [0.29, 0.717) is 18.2 Å². The lowest BCUT2D eigenvalue weighted by molar-refractivity contribution is 0.139. The number of nitrogens with one attached hydrogen (secondary N) is 1. The molecule has 3 heteroatoms. The summed E-state index contributed by atoms with van der Waals surface area (Å²) < 4.78 is 5.34. The van der Waals surface area contributed by atoms with Gasteiger partial charge in [0.25, 0.3) is 0 Å². The van der Waals surface area contributed by atoms with Crippen LogP contribution < -0.4 is 5.32 Å². The fourth-order valence-corrected chi connectivity index (χ4v) is 1.50. The molecule has 1 fully saturated rings. The van der Waals surface area contributed by atoms with Crippen molar-refractivity contribution in [2.75, 3.05) is 7.05 Å². The van der Waals surface area contributed by atoms with Gasteiger partial charge in [-0.1, -0.05) is 6.92 Å². The van der Waals surface area contributed by atoms with Crippen LogP contribution in [0.1, 0.15) is 26.7 Å². The summed E-state index contributed by atoms with van der Waals surface area (Å²) in [6.07, 6.45) is 2.10. The summed E-state index contributed by atoms with van der Waals surface area (Å²) in [6.45, 7) is 4.06. The molecule has 0 aromatic carbocycles. The zero-order valence-electron chi connectivity index (χ0n) is 8.08. The van der Waals surface area contributed by atoms with Gasteiger partial charge in [-0.2, -0.15) is 0 Å². The lowest BCUT2D eigenvalue weighted by atomic mass is 10.0. The Morgan fingerprint density at radius 3 is 2.50 bits per heavy atom. The molecule has 0 saturated carbocycles. The third-order valence-electron chi connectivity index (χ3n) is 2.52. The third-order valence-corrected chi connectivity index (χ3v) is 2.52. The second-order valence-corrected chi connectivity index (χ2v) is 3.50. The van der Waals surface area contributed by atoms with Crippen LogP contribution in [-0.4, -0.2) is 36.5 Å². The van der Waals surface area contributed by atoms with Crippen molar-refractivity contribution in [3.8, 4) is 0 Å². The van der Waals surface area contributed by atoms with Crippen molar-refractivity contribution < 1.29 is 9.84 Å². The molecule has 12 heavy (non-hydrogen) atoms. The van der Waals surface area contributed by atoms with Gasteiger partial charge < -0.3 is 15.2 Å². The lowest BCUT2D eigenvalue weighted by Gasteiger charge is -2.16. The van der Waals surface area contributed by atoms with E-state index in [-0.39, 0.29) is 6.10 Å². The van der Waals surface area contributed by atoms with Crippen molar-refractivity contribution in [1.82, 2.24) is 5.32 Å². The highest BCUT2D eigenvalue weighted by Gasteiger charge is 2.40. The molecular weight excluding hydrogens is 154 g/mol. The first-order chi connectivity index (χ1) is 5.69. The van der Waals surface area contributed by atoms with Gasteiger partial charge in [-0.05, 0) is 26.8 Å². The van der Waals surface area contributed by atoms with E-state index >= 15 is 0 Å². The standard InChI is InChI=1S/C9H19NO2/c1-4-7(11)5-8(10-3)9-6(2)12-9/h6-11H,4-5H2,1-3H3/t6?,7?,8?,9-/m0/s1. The first-order valence-corrected chi connectivity index (χ1v) is 4.69. The molecule has 3 nitrogen and oxygen atoms in total. The minimum Gasteiger partial charge on any atom is -0.393 e. The number of hydrogen-bond acceptors (Lipinski definition) is 3. The summed E-state index contributed by atoms with van der Waals surface area (Å²) in [5, 5.41) is 12.6. The summed E-state index contributed by atoms with van der Waals surface area (Å²) in [5.41, 5.74) is 0. The summed E-state index contributed by atoms with van der Waals surface area (Å²) in [5.74, 6) is 0. The maximum atomic E-state index is 9.43. The molecule has 3 unspecified atom stereocenters. The maximum absolute atomic E-state index is 9.43. The highest BCUT2D eigenvalue weighted by Crippen LogP contribution is 2.26. The van der Waals surface area contributed by atoms with E-state index in [1.165, 1.54) is 0 Å². The molecule has 1 saturated heterocycles. The van der Waals surface area contributed by atoms with Gasteiger partial charge in [0.05, 0.1) is 18.3 Å². The average Bonchev–Trinajstić information content (AvgIpc) is 2.77. The predicted octanol–water partition coefficient (Wildman–Crippen LogP) is 0.523. The quantitative estimate of drug-likeness (QED) is 0.596. The Morgan fingerprint density at radius 2 is 2.17 bits per heavy atom. The highest BCUT2D eigenvalue weighted by molar-refractivity contribution is 4.92. The molecule has 0 radical (unpaired) electrons. The number of ether oxygens (including phenoxy) is 1. The van der Waals surface area contributed by atoms with Crippen LogP contribution in [0.15, 0.2) is 0 Å². The van der Waals surface area contributed by atoms with Gasteiger partial charge in [-0.25, -0.2) is 0 Å². The van der Waals surface area contributed by atoms with Gasteiger partial charge in [0.1, 0.15) is 0 Å². The van der Waals surface area contributed by atoms with Crippen molar-refractivity contribution in [2.45, 2.75) is 51.0 Å². The van der Waals surface area contributed by atoms with Gasteiger partial charge in [-0.3, -0.25) is 0 Å². The molecule has 72 valence electrons. The molecule has 0 aliphatic carbocycles. The zero-order valence-corrected chi connectivity index (χ0v) is 8.08. The van der Waals surface area contributed by atoms with Crippen molar-refractivity contribution >= 4 is 0 Å². The van der Waals surface area contributed by atoms with Crippen LogP contribution in [0.3, 0.4) is 0 Å². The average molecular weight is 173 g/mol. The van der Waals surface area contributed by atoms with Gasteiger partial charge >= 0.3 is 0 Å². The minimum atomic E-state index is -0.196. The molecule has 1 heterocycles. The molecule has 4 atom stereocenters.